The second kappa shape index (κ2) is 9.12. The Hall–Kier alpha value is -2.60. The topological polar surface area (TPSA) is 75.9 Å². The summed E-state index contributed by atoms with van der Waals surface area (Å²) in [6.45, 7) is 0. The van der Waals surface area contributed by atoms with E-state index in [-0.39, 0.29) is 10.9 Å². The van der Waals surface area contributed by atoms with Crippen LogP contribution in [0.5, 0.6) is 5.75 Å². The van der Waals surface area contributed by atoms with E-state index in [0.29, 0.717) is 6.42 Å². The maximum Gasteiger partial charge on any atom is 0.573 e. The smallest absolute Gasteiger partial charge is 0.406 e. The summed E-state index contributed by atoms with van der Waals surface area (Å²) in [6, 6.07) is 14.2. The third-order valence-corrected chi connectivity index (χ3v) is 9.39. The molecule has 0 spiro atoms. The summed E-state index contributed by atoms with van der Waals surface area (Å²) in [6.07, 6.45) is -3.51. The number of aliphatic hydroxyl groups is 1. The highest BCUT2D eigenvalue weighted by molar-refractivity contribution is 7.91. The average Bonchev–Trinajstić information content (AvgIpc) is 3.41. The number of benzene rings is 2. The van der Waals surface area contributed by atoms with Gasteiger partial charge in [-0.25, -0.2) is 13.3 Å². The van der Waals surface area contributed by atoms with E-state index in [1.165, 1.54) is 19.2 Å². The van der Waals surface area contributed by atoms with Gasteiger partial charge in [-0.1, -0.05) is 18.2 Å². The van der Waals surface area contributed by atoms with Crippen molar-refractivity contribution in [1.29, 1.82) is 0 Å². The Morgan fingerprint density at radius 1 is 1.11 bits per heavy atom. The van der Waals surface area contributed by atoms with Crippen molar-refractivity contribution in [2.24, 2.45) is 4.36 Å². The number of aliphatic hydroxyl groups excluding tert-OH is 1. The van der Waals surface area contributed by atoms with E-state index >= 15 is 0 Å². The first-order valence-electron chi connectivity index (χ1n) is 11.1. The van der Waals surface area contributed by atoms with Crippen LogP contribution in [0, 0.1) is 0 Å². The Balaban J connectivity index is 1.44. The standard InChI is InChI=1S/C24H24F3N3O3S2/c1-28-35(32,16-11-9-15(10-12-16)33-24(25,26)27)29-18-6-4-8-20(22(18)31)30-19-7-3-2-5-17(19)23-21(30)13-14-34-23/h2-3,5,7,9-14,18,20,22,31H,4,6,8H2,1H3,(H,28,29,32). The van der Waals surface area contributed by atoms with Crippen molar-refractivity contribution < 1.29 is 27.2 Å². The Kier molecular flexibility index (Phi) is 6.28. The summed E-state index contributed by atoms with van der Waals surface area (Å²) in [7, 11) is -1.81. The molecule has 1 saturated carbocycles. The van der Waals surface area contributed by atoms with Gasteiger partial charge in [-0.15, -0.1) is 24.5 Å². The van der Waals surface area contributed by atoms with Crippen molar-refractivity contribution in [3.05, 3.63) is 60.0 Å². The van der Waals surface area contributed by atoms with E-state index in [1.54, 1.807) is 11.3 Å². The minimum atomic E-state index is -4.81. The van der Waals surface area contributed by atoms with E-state index in [9.17, 15) is 22.5 Å². The molecule has 0 radical (unpaired) electrons. The van der Waals surface area contributed by atoms with Crippen molar-refractivity contribution in [3.8, 4) is 5.75 Å². The molecule has 4 atom stereocenters. The minimum Gasteiger partial charge on any atom is -0.406 e. The molecular formula is C24H24F3N3O3S2. The molecule has 2 heterocycles. The second-order valence-corrected chi connectivity index (χ2v) is 11.5. The van der Waals surface area contributed by atoms with Crippen molar-refractivity contribution in [2.75, 3.05) is 7.05 Å². The number of aromatic nitrogens is 1. The van der Waals surface area contributed by atoms with Gasteiger partial charge in [0.15, 0.2) is 0 Å². The molecule has 0 aliphatic heterocycles. The molecule has 2 aromatic carbocycles. The number of para-hydroxylation sites is 1. The number of alkyl halides is 3. The Morgan fingerprint density at radius 3 is 2.57 bits per heavy atom. The van der Waals surface area contributed by atoms with Gasteiger partial charge < -0.3 is 14.4 Å². The Morgan fingerprint density at radius 2 is 1.86 bits per heavy atom. The van der Waals surface area contributed by atoms with Gasteiger partial charge in [-0.3, -0.25) is 0 Å². The normalized spacial score (nSPS) is 22.8. The molecule has 1 aliphatic rings. The molecule has 2 N–H and O–H groups in total. The molecule has 2 aromatic heterocycles. The van der Waals surface area contributed by atoms with Crippen molar-refractivity contribution in [1.82, 2.24) is 9.29 Å². The number of ether oxygens (including phenoxy) is 1. The van der Waals surface area contributed by atoms with Gasteiger partial charge in [0.2, 0.25) is 0 Å². The zero-order chi connectivity index (χ0) is 24.8. The lowest BCUT2D eigenvalue weighted by Gasteiger charge is -2.37. The van der Waals surface area contributed by atoms with E-state index < -0.39 is 34.2 Å². The molecular weight excluding hydrogens is 499 g/mol. The van der Waals surface area contributed by atoms with Gasteiger partial charge in [0.25, 0.3) is 0 Å². The number of fused-ring (bicyclic) bond motifs is 3. The lowest BCUT2D eigenvalue weighted by atomic mass is 9.88. The Labute approximate surface area is 204 Å². The summed E-state index contributed by atoms with van der Waals surface area (Å²) in [5.41, 5.74) is 2.10. The molecule has 4 aromatic rings. The van der Waals surface area contributed by atoms with Crippen LogP contribution in [-0.4, -0.2) is 39.4 Å². The number of nitrogens with one attached hydrogen (secondary N) is 1. The number of nitrogens with zero attached hydrogens (tertiary/aromatic N) is 2. The van der Waals surface area contributed by atoms with E-state index in [0.717, 1.165) is 46.1 Å². The van der Waals surface area contributed by atoms with Crippen LogP contribution < -0.4 is 9.46 Å². The predicted octanol–water partition coefficient (Wildman–Crippen LogP) is 5.87. The average molecular weight is 524 g/mol. The zero-order valence-electron chi connectivity index (χ0n) is 18.7. The van der Waals surface area contributed by atoms with Gasteiger partial charge in [0.1, 0.15) is 15.7 Å². The highest BCUT2D eigenvalue weighted by Gasteiger charge is 2.37. The van der Waals surface area contributed by atoms with Gasteiger partial charge in [0.05, 0.1) is 32.8 Å². The molecule has 0 amide bonds. The summed E-state index contributed by atoms with van der Waals surface area (Å²) in [5.74, 6) is -0.406. The third kappa shape index (κ3) is 4.53. The summed E-state index contributed by atoms with van der Waals surface area (Å²) >= 11 is 1.66. The van der Waals surface area contributed by atoms with Crippen LogP contribution in [0.2, 0.25) is 0 Å². The first kappa shape index (κ1) is 24.1. The Bertz CT molecular complexity index is 1470. The fraction of sp³-hybridized carbons (Fsp3) is 0.333. The lowest BCUT2D eigenvalue weighted by Crippen LogP contribution is -2.49. The summed E-state index contributed by atoms with van der Waals surface area (Å²) < 4.78 is 65.4. The van der Waals surface area contributed by atoms with Crippen LogP contribution in [0.4, 0.5) is 13.2 Å². The third-order valence-electron chi connectivity index (χ3n) is 6.41. The largest absolute Gasteiger partial charge is 0.573 e. The zero-order valence-corrected chi connectivity index (χ0v) is 20.4. The minimum absolute atomic E-state index is 0.218. The first-order valence-corrected chi connectivity index (χ1v) is 13.5. The molecule has 4 unspecified atom stereocenters. The molecule has 0 saturated heterocycles. The van der Waals surface area contributed by atoms with Crippen LogP contribution >= 0.6 is 11.3 Å². The van der Waals surface area contributed by atoms with Crippen molar-refractivity contribution >= 4 is 42.4 Å². The fourth-order valence-corrected chi connectivity index (χ4v) is 7.43. The predicted molar refractivity (Wildman–Crippen MR) is 131 cm³/mol. The van der Waals surface area contributed by atoms with Gasteiger partial charge >= 0.3 is 6.36 Å². The highest BCUT2D eigenvalue weighted by Crippen LogP contribution is 2.40. The van der Waals surface area contributed by atoms with Crippen molar-refractivity contribution in [3.63, 3.8) is 0 Å². The first-order chi connectivity index (χ1) is 16.7. The monoisotopic (exact) mass is 523 g/mol. The molecule has 1 fully saturated rings. The fourth-order valence-electron chi connectivity index (χ4n) is 4.88. The number of rotatable bonds is 5. The molecule has 0 bridgehead atoms. The summed E-state index contributed by atoms with van der Waals surface area (Å²) in [4.78, 5) is 0.218. The van der Waals surface area contributed by atoms with Gasteiger partial charge in [-0.05, 0) is 61.0 Å². The maximum atomic E-state index is 13.7. The van der Waals surface area contributed by atoms with Crippen LogP contribution in [0.15, 0.2) is 69.2 Å². The lowest BCUT2D eigenvalue weighted by molar-refractivity contribution is -0.274. The molecule has 6 nitrogen and oxygen atoms in total. The van der Waals surface area contributed by atoms with Crippen LogP contribution in [-0.2, 0) is 9.92 Å². The van der Waals surface area contributed by atoms with E-state index in [1.807, 2.05) is 23.6 Å². The van der Waals surface area contributed by atoms with Gasteiger partial charge in [-0.2, -0.15) is 0 Å². The summed E-state index contributed by atoms with van der Waals surface area (Å²) in [5, 5.41) is 14.6. The number of hydrogen-bond acceptors (Lipinski definition) is 5. The second-order valence-electron chi connectivity index (χ2n) is 8.46. The van der Waals surface area contributed by atoms with Gasteiger partial charge in [0, 0.05) is 18.5 Å². The molecule has 1 aliphatic carbocycles. The highest BCUT2D eigenvalue weighted by atomic mass is 32.2. The number of hydrogen-bond donors (Lipinski definition) is 2. The van der Waals surface area contributed by atoms with Crippen LogP contribution in [0.25, 0.3) is 21.1 Å². The van der Waals surface area contributed by atoms with E-state index in [4.69, 9.17) is 0 Å². The number of thiophene rings is 1. The quantitative estimate of drug-likeness (QED) is 0.344. The van der Waals surface area contributed by atoms with Crippen molar-refractivity contribution in [2.45, 2.75) is 48.7 Å². The molecule has 186 valence electrons. The van der Waals surface area contributed by atoms with Crippen LogP contribution in [0.3, 0.4) is 0 Å². The number of halogens is 3. The maximum absolute atomic E-state index is 13.7. The molecule has 11 heteroatoms. The van der Waals surface area contributed by atoms with E-state index in [2.05, 4.69) is 30.5 Å². The van der Waals surface area contributed by atoms with Crippen LogP contribution in [0.1, 0.15) is 25.3 Å². The molecule has 35 heavy (non-hydrogen) atoms. The SMILES string of the molecule is CN=S(=O)(NC1CCCC(n2c3ccccc3c3sccc32)C1O)c1ccc(OC(F)(F)F)cc1. The molecule has 5 rings (SSSR count).